The standard InChI is InChI=1S/C8H14N2/c1-3-4-5-8(2)6-7-10-9/h3-5,10H,1-2,6-7,9H2/b5-4-. The van der Waals surface area contributed by atoms with Gasteiger partial charge in [-0.2, -0.15) is 0 Å². The molecule has 0 aliphatic rings. The summed E-state index contributed by atoms with van der Waals surface area (Å²) in [6.45, 7) is 8.11. The Kier molecular flexibility index (Phi) is 5.72. The van der Waals surface area contributed by atoms with Crippen LogP contribution in [-0.4, -0.2) is 6.54 Å². The summed E-state index contributed by atoms with van der Waals surface area (Å²) in [5.74, 6) is 5.07. The van der Waals surface area contributed by atoms with E-state index in [2.05, 4.69) is 18.6 Å². The van der Waals surface area contributed by atoms with E-state index in [4.69, 9.17) is 5.84 Å². The summed E-state index contributed by atoms with van der Waals surface area (Å²) in [5, 5.41) is 0. The third kappa shape index (κ3) is 5.28. The van der Waals surface area contributed by atoms with Crippen LogP contribution in [0.15, 0.2) is 37.0 Å². The van der Waals surface area contributed by atoms with Crippen LogP contribution in [0.25, 0.3) is 0 Å². The highest BCUT2D eigenvalue weighted by atomic mass is 15.2. The van der Waals surface area contributed by atoms with Gasteiger partial charge in [0, 0.05) is 6.54 Å². The molecular formula is C8H14N2. The van der Waals surface area contributed by atoms with Crippen molar-refractivity contribution in [2.75, 3.05) is 6.54 Å². The van der Waals surface area contributed by atoms with Gasteiger partial charge in [-0.3, -0.25) is 11.3 Å². The number of nitrogens with two attached hydrogens (primary N) is 1. The first-order valence-electron chi connectivity index (χ1n) is 3.21. The molecule has 0 saturated carbocycles. The lowest BCUT2D eigenvalue weighted by atomic mass is 10.2. The first-order valence-corrected chi connectivity index (χ1v) is 3.21. The Morgan fingerprint density at radius 2 is 2.30 bits per heavy atom. The van der Waals surface area contributed by atoms with Crippen LogP contribution in [-0.2, 0) is 0 Å². The quantitative estimate of drug-likeness (QED) is 0.339. The van der Waals surface area contributed by atoms with Crippen molar-refractivity contribution in [3.63, 3.8) is 0 Å². The molecule has 0 amide bonds. The van der Waals surface area contributed by atoms with E-state index in [0.717, 1.165) is 18.5 Å². The third-order valence-corrected chi connectivity index (χ3v) is 1.06. The Labute approximate surface area is 62.1 Å². The van der Waals surface area contributed by atoms with Crippen molar-refractivity contribution in [2.45, 2.75) is 6.42 Å². The molecule has 0 saturated heterocycles. The molecule has 0 heterocycles. The Balaban J connectivity index is 3.43. The van der Waals surface area contributed by atoms with E-state index < -0.39 is 0 Å². The fraction of sp³-hybridized carbons (Fsp3) is 0.250. The van der Waals surface area contributed by atoms with Crippen LogP contribution < -0.4 is 11.3 Å². The van der Waals surface area contributed by atoms with Crippen molar-refractivity contribution in [1.82, 2.24) is 5.43 Å². The Hall–Kier alpha value is -0.860. The number of nitrogens with one attached hydrogen (secondary N) is 1. The van der Waals surface area contributed by atoms with Crippen LogP contribution >= 0.6 is 0 Å². The molecule has 0 aliphatic carbocycles. The molecule has 0 bridgehead atoms. The van der Waals surface area contributed by atoms with Gasteiger partial charge in [-0.05, 0) is 6.42 Å². The first kappa shape index (κ1) is 9.14. The van der Waals surface area contributed by atoms with Gasteiger partial charge in [-0.1, -0.05) is 37.0 Å². The molecular weight excluding hydrogens is 124 g/mol. The lowest BCUT2D eigenvalue weighted by Gasteiger charge is -1.96. The molecule has 0 rings (SSSR count). The molecule has 0 aromatic heterocycles. The molecule has 56 valence electrons. The molecule has 0 unspecified atom stereocenters. The maximum atomic E-state index is 5.07. The van der Waals surface area contributed by atoms with Gasteiger partial charge in [-0.15, -0.1) is 0 Å². The summed E-state index contributed by atoms with van der Waals surface area (Å²) in [6.07, 6.45) is 6.38. The molecule has 3 N–H and O–H groups in total. The number of hydrazine groups is 1. The van der Waals surface area contributed by atoms with Crippen molar-refractivity contribution in [1.29, 1.82) is 0 Å². The minimum atomic E-state index is 0.764. The maximum Gasteiger partial charge on any atom is 0.0138 e. The monoisotopic (exact) mass is 138 g/mol. The van der Waals surface area contributed by atoms with Gasteiger partial charge < -0.3 is 0 Å². The molecule has 0 spiro atoms. The molecule has 0 aromatic rings. The lowest BCUT2D eigenvalue weighted by molar-refractivity contribution is 0.731. The lowest BCUT2D eigenvalue weighted by Crippen LogP contribution is -2.22. The molecule has 0 atom stereocenters. The Bertz CT molecular complexity index is 136. The van der Waals surface area contributed by atoms with E-state index in [1.54, 1.807) is 6.08 Å². The van der Waals surface area contributed by atoms with E-state index in [0.29, 0.717) is 0 Å². The average molecular weight is 138 g/mol. The molecule has 0 fully saturated rings. The van der Waals surface area contributed by atoms with Gasteiger partial charge in [-0.25, -0.2) is 0 Å². The highest BCUT2D eigenvalue weighted by molar-refractivity contribution is 5.17. The summed E-state index contributed by atoms with van der Waals surface area (Å²) in [4.78, 5) is 0. The summed E-state index contributed by atoms with van der Waals surface area (Å²) >= 11 is 0. The van der Waals surface area contributed by atoms with E-state index in [-0.39, 0.29) is 0 Å². The minimum absolute atomic E-state index is 0.764. The second kappa shape index (κ2) is 6.26. The Morgan fingerprint density at radius 1 is 1.60 bits per heavy atom. The van der Waals surface area contributed by atoms with Crippen LogP contribution in [0.4, 0.5) is 0 Å². The van der Waals surface area contributed by atoms with Crippen LogP contribution in [0.1, 0.15) is 6.42 Å². The predicted octanol–water partition coefficient (Wildman–Crippen LogP) is 1.14. The van der Waals surface area contributed by atoms with E-state index in [9.17, 15) is 0 Å². The van der Waals surface area contributed by atoms with E-state index >= 15 is 0 Å². The maximum absolute atomic E-state index is 5.07. The predicted molar refractivity (Wildman–Crippen MR) is 45.3 cm³/mol. The van der Waals surface area contributed by atoms with Crippen LogP contribution in [0.3, 0.4) is 0 Å². The number of hydrogen-bond donors (Lipinski definition) is 2. The second-order valence-electron chi connectivity index (χ2n) is 1.96. The fourth-order valence-electron chi connectivity index (χ4n) is 0.520. The number of allylic oxidation sites excluding steroid dienone is 3. The van der Waals surface area contributed by atoms with Gasteiger partial charge in [0.1, 0.15) is 0 Å². The van der Waals surface area contributed by atoms with Crippen LogP contribution in [0.2, 0.25) is 0 Å². The average Bonchev–Trinajstić information content (AvgIpc) is 1.97. The summed E-state index contributed by atoms with van der Waals surface area (Å²) < 4.78 is 0. The largest absolute Gasteiger partial charge is 0.271 e. The number of hydrogen-bond acceptors (Lipinski definition) is 2. The molecule has 2 heteroatoms. The Morgan fingerprint density at radius 3 is 2.80 bits per heavy atom. The van der Waals surface area contributed by atoms with E-state index in [1.165, 1.54) is 0 Å². The highest BCUT2D eigenvalue weighted by Crippen LogP contribution is 1.97. The van der Waals surface area contributed by atoms with Crippen LogP contribution in [0.5, 0.6) is 0 Å². The van der Waals surface area contributed by atoms with Crippen molar-refractivity contribution in [2.24, 2.45) is 5.84 Å². The smallest absolute Gasteiger partial charge is 0.0138 e. The fourth-order valence-corrected chi connectivity index (χ4v) is 0.520. The minimum Gasteiger partial charge on any atom is -0.271 e. The number of rotatable bonds is 5. The summed E-state index contributed by atoms with van der Waals surface area (Å²) in [6, 6.07) is 0. The molecule has 0 aromatic carbocycles. The summed E-state index contributed by atoms with van der Waals surface area (Å²) in [5.41, 5.74) is 3.61. The highest BCUT2D eigenvalue weighted by Gasteiger charge is 1.84. The van der Waals surface area contributed by atoms with Crippen molar-refractivity contribution >= 4 is 0 Å². The van der Waals surface area contributed by atoms with Gasteiger partial charge in [0.2, 0.25) is 0 Å². The van der Waals surface area contributed by atoms with Gasteiger partial charge >= 0.3 is 0 Å². The normalized spacial score (nSPS) is 10.1. The topological polar surface area (TPSA) is 38.0 Å². The molecule has 10 heavy (non-hydrogen) atoms. The van der Waals surface area contributed by atoms with Gasteiger partial charge in [0.25, 0.3) is 0 Å². The molecule has 0 radical (unpaired) electrons. The van der Waals surface area contributed by atoms with Gasteiger partial charge in [0.15, 0.2) is 0 Å². The van der Waals surface area contributed by atoms with Crippen molar-refractivity contribution in [3.05, 3.63) is 37.0 Å². The third-order valence-electron chi connectivity index (χ3n) is 1.06. The second-order valence-corrected chi connectivity index (χ2v) is 1.96. The van der Waals surface area contributed by atoms with E-state index in [1.807, 2.05) is 12.2 Å². The van der Waals surface area contributed by atoms with Crippen molar-refractivity contribution in [3.8, 4) is 0 Å². The van der Waals surface area contributed by atoms with Gasteiger partial charge in [0.05, 0.1) is 0 Å². The van der Waals surface area contributed by atoms with Crippen LogP contribution in [0, 0.1) is 0 Å². The summed E-state index contributed by atoms with van der Waals surface area (Å²) in [7, 11) is 0. The zero-order valence-electron chi connectivity index (χ0n) is 6.14. The molecule has 2 nitrogen and oxygen atoms in total. The zero-order valence-corrected chi connectivity index (χ0v) is 6.14. The first-order chi connectivity index (χ1) is 4.81. The SMILES string of the molecule is C=C/C=C\C(=C)CCNN. The zero-order chi connectivity index (χ0) is 7.82. The van der Waals surface area contributed by atoms with Crippen molar-refractivity contribution < 1.29 is 0 Å². The molecule has 0 aliphatic heterocycles.